The van der Waals surface area contributed by atoms with Gasteiger partial charge in [0.05, 0.1) is 0 Å². The molecule has 0 aromatic heterocycles. The monoisotopic (exact) mass is 212 g/mol. The van der Waals surface area contributed by atoms with Crippen LogP contribution in [0, 0.1) is 22.7 Å². The quantitative estimate of drug-likeness (QED) is 0.543. The Morgan fingerprint density at radius 1 is 0.867 bits per heavy atom. The SMILES string of the molecule is CCC(C)C(C)(C)C(CC)(CC)C(C)C. The van der Waals surface area contributed by atoms with Gasteiger partial charge in [-0.25, -0.2) is 0 Å². The fourth-order valence-corrected chi connectivity index (χ4v) is 3.72. The molecule has 0 aromatic carbocycles. The minimum absolute atomic E-state index is 0.444. The largest absolute Gasteiger partial charge is 0.0651 e. The maximum atomic E-state index is 2.48. The summed E-state index contributed by atoms with van der Waals surface area (Å²) in [6.45, 7) is 19.2. The summed E-state index contributed by atoms with van der Waals surface area (Å²) in [5.74, 6) is 1.58. The first kappa shape index (κ1) is 15.0. The van der Waals surface area contributed by atoms with Gasteiger partial charge in [-0.3, -0.25) is 0 Å². The maximum absolute atomic E-state index is 2.48. The lowest BCUT2D eigenvalue weighted by Crippen LogP contribution is -2.45. The topological polar surface area (TPSA) is 0 Å². The van der Waals surface area contributed by atoms with Gasteiger partial charge in [-0.05, 0) is 35.5 Å². The van der Waals surface area contributed by atoms with E-state index < -0.39 is 0 Å². The van der Waals surface area contributed by atoms with Crippen molar-refractivity contribution in [2.75, 3.05) is 0 Å². The van der Waals surface area contributed by atoms with E-state index in [2.05, 4.69) is 55.4 Å². The van der Waals surface area contributed by atoms with Gasteiger partial charge in [0.15, 0.2) is 0 Å². The molecule has 0 saturated heterocycles. The zero-order valence-corrected chi connectivity index (χ0v) is 12.3. The molecule has 0 heteroatoms. The Kier molecular flexibility index (Phi) is 5.37. The molecule has 0 nitrogen and oxygen atoms in total. The summed E-state index contributed by atoms with van der Waals surface area (Å²) in [6, 6.07) is 0. The van der Waals surface area contributed by atoms with Gasteiger partial charge >= 0.3 is 0 Å². The molecule has 0 heterocycles. The van der Waals surface area contributed by atoms with Crippen LogP contribution in [-0.2, 0) is 0 Å². The molecule has 15 heavy (non-hydrogen) atoms. The van der Waals surface area contributed by atoms with E-state index in [0.29, 0.717) is 10.8 Å². The van der Waals surface area contributed by atoms with Crippen LogP contribution in [0.25, 0.3) is 0 Å². The summed E-state index contributed by atoms with van der Waals surface area (Å²) in [5.41, 5.74) is 0.946. The number of hydrogen-bond donors (Lipinski definition) is 0. The summed E-state index contributed by atoms with van der Waals surface area (Å²) >= 11 is 0. The highest BCUT2D eigenvalue weighted by Crippen LogP contribution is 2.54. The minimum atomic E-state index is 0.444. The van der Waals surface area contributed by atoms with Crippen molar-refractivity contribution in [3.63, 3.8) is 0 Å². The molecule has 0 amide bonds. The lowest BCUT2D eigenvalue weighted by atomic mass is 9.52. The lowest BCUT2D eigenvalue weighted by molar-refractivity contribution is -0.0350. The first-order valence-corrected chi connectivity index (χ1v) is 6.80. The fourth-order valence-electron chi connectivity index (χ4n) is 3.72. The Bertz CT molecular complexity index is 172. The van der Waals surface area contributed by atoms with Gasteiger partial charge in [0.1, 0.15) is 0 Å². The van der Waals surface area contributed by atoms with Gasteiger partial charge in [-0.2, -0.15) is 0 Å². The molecule has 0 radical (unpaired) electrons. The van der Waals surface area contributed by atoms with Crippen LogP contribution in [0.5, 0.6) is 0 Å². The maximum Gasteiger partial charge on any atom is -0.0226 e. The molecule has 0 bridgehead atoms. The van der Waals surface area contributed by atoms with E-state index in [0.717, 1.165) is 11.8 Å². The van der Waals surface area contributed by atoms with Gasteiger partial charge in [-0.1, -0.05) is 61.8 Å². The average Bonchev–Trinajstić information content (AvgIpc) is 2.18. The number of hydrogen-bond acceptors (Lipinski definition) is 0. The van der Waals surface area contributed by atoms with Crippen molar-refractivity contribution in [2.24, 2.45) is 22.7 Å². The van der Waals surface area contributed by atoms with E-state index in [1.807, 2.05) is 0 Å². The molecule has 0 N–H and O–H groups in total. The first-order valence-electron chi connectivity index (χ1n) is 6.80. The van der Waals surface area contributed by atoms with Crippen molar-refractivity contribution >= 4 is 0 Å². The Hall–Kier alpha value is 0. The molecule has 0 rings (SSSR count). The third kappa shape index (κ3) is 2.40. The van der Waals surface area contributed by atoms with Gasteiger partial charge < -0.3 is 0 Å². The zero-order valence-electron chi connectivity index (χ0n) is 12.3. The van der Waals surface area contributed by atoms with E-state index in [9.17, 15) is 0 Å². The van der Waals surface area contributed by atoms with Crippen LogP contribution in [0.15, 0.2) is 0 Å². The second-order valence-electron chi connectivity index (χ2n) is 6.05. The molecule has 1 atom stereocenters. The average molecular weight is 212 g/mol. The van der Waals surface area contributed by atoms with Gasteiger partial charge in [0.25, 0.3) is 0 Å². The van der Waals surface area contributed by atoms with Crippen LogP contribution in [0.3, 0.4) is 0 Å². The zero-order chi connectivity index (χ0) is 12.3. The molecule has 0 aliphatic carbocycles. The van der Waals surface area contributed by atoms with Crippen molar-refractivity contribution in [2.45, 2.75) is 74.7 Å². The first-order chi connectivity index (χ1) is 6.80. The van der Waals surface area contributed by atoms with E-state index in [1.54, 1.807) is 0 Å². The van der Waals surface area contributed by atoms with E-state index in [1.165, 1.54) is 19.3 Å². The normalized spacial score (nSPS) is 15.8. The van der Waals surface area contributed by atoms with Crippen molar-refractivity contribution in [1.29, 1.82) is 0 Å². The molecule has 1 unspecified atom stereocenters. The second kappa shape index (κ2) is 5.37. The number of rotatable bonds is 6. The fraction of sp³-hybridized carbons (Fsp3) is 1.00. The molecule has 0 aliphatic rings. The van der Waals surface area contributed by atoms with Crippen LogP contribution in [0.2, 0.25) is 0 Å². The molecule has 0 spiro atoms. The Balaban J connectivity index is 5.22. The van der Waals surface area contributed by atoms with Crippen LogP contribution in [-0.4, -0.2) is 0 Å². The molecule has 0 aliphatic heterocycles. The van der Waals surface area contributed by atoms with Gasteiger partial charge in [0, 0.05) is 0 Å². The third-order valence-corrected chi connectivity index (χ3v) is 5.49. The predicted octanol–water partition coefficient (Wildman–Crippen LogP) is 5.52. The molecule has 0 aromatic rings. The van der Waals surface area contributed by atoms with Crippen LogP contribution >= 0.6 is 0 Å². The summed E-state index contributed by atoms with van der Waals surface area (Å²) in [6.07, 6.45) is 3.90. The summed E-state index contributed by atoms with van der Waals surface area (Å²) in [5, 5.41) is 0. The Morgan fingerprint density at radius 2 is 1.27 bits per heavy atom. The van der Waals surface area contributed by atoms with E-state index >= 15 is 0 Å². The van der Waals surface area contributed by atoms with Crippen LogP contribution in [0.4, 0.5) is 0 Å². The Morgan fingerprint density at radius 3 is 1.47 bits per heavy atom. The van der Waals surface area contributed by atoms with Crippen LogP contribution < -0.4 is 0 Å². The molecule has 92 valence electrons. The van der Waals surface area contributed by atoms with Crippen molar-refractivity contribution < 1.29 is 0 Å². The molecule has 0 saturated carbocycles. The molecule has 0 fully saturated rings. The lowest BCUT2D eigenvalue weighted by Gasteiger charge is -2.52. The summed E-state index contributed by atoms with van der Waals surface area (Å²) < 4.78 is 0. The van der Waals surface area contributed by atoms with Crippen molar-refractivity contribution in [1.82, 2.24) is 0 Å². The van der Waals surface area contributed by atoms with Gasteiger partial charge in [-0.15, -0.1) is 0 Å². The highest BCUT2D eigenvalue weighted by atomic mass is 14.5. The van der Waals surface area contributed by atoms with E-state index in [-0.39, 0.29) is 0 Å². The smallest absolute Gasteiger partial charge is 0.0226 e. The summed E-state index contributed by atoms with van der Waals surface area (Å²) in [7, 11) is 0. The van der Waals surface area contributed by atoms with Gasteiger partial charge in [0.2, 0.25) is 0 Å². The highest BCUT2D eigenvalue weighted by molar-refractivity contribution is 4.95. The van der Waals surface area contributed by atoms with Crippen molar-refractivity contribution in [3.05, 3.63) is 0 Å². The Labute approximate surface area is 97.8 Å². The highest BCUT2D eigenvalue weighted by Gasteiger charge is 2.46. The molecular formula is C15H32. The standard InChI is InChI=1S/C15H32/c1-9-13(6)14(7,8)15(10-2,11-3)12(4)5/h12-13H,9-11H2,1-8H3. The van der Waals surface area contributed by atoms with E-state index in [4.69, 9.17) is 0 Å². The minimum Gasteiger partial charge on any atom is -0.0651 e. The summed E-state index contributed by atoms with van der Waals surface area (Å²) in [4.78, 5) is 0. The second-order valence-corrected chi connectivity index (χ2v) is 6.05. The molecular weight excluding hydrogens is 180 g/mol. The third-order valence-electron chi connectivity index (χ3n) is 5.49. The van der Waals surface area contributed by atoms with Crippen molar-refractivity contribution in [3.8, 4) is 0 Å². The predicted molar refractivity (Wildman–Crippen MR) is 71.1 cm³/mol. The van der Waals surface area contributed by atoms with Crippen LogP contribution in [0.1, 0.15) is 74.7 Å².